The van der Waals surface area contributed by atoms with Crippen LogP contribution in [-0.2, 0) is 14.6 Å². The zero-order valence-corrected chi connectivity index (χ0v) is 14.4. The Labute approximate surface area is 145 Å². The van der Waals surface area contributed by atoms with Crippen molar-refractivity contribution in [1.82, 2.24) is 9.80 Å². The van der Waals surface area contributed by atoms with Crippen molar-refractivity contribution in [2.24, 2.45) is 0 Å². The predicted octanol–water partition coefficient (Wildman–Crippen LogP) is -0.210. The topological polar surface area (TPSA) is 115 Å². The van der Waals surface area contributed by atoms with Crippen molar-refractivity contribution >= 4 is 21.7 Å². The van der Waals surface area contributed by atoms with Gasteiger partial charge in [-0.1, -0.05) is 0 Å². The highest BCUT2D eigenvalue weighted by molar-refractivity contribution is 7.91. The lowest BCUT2D eigenvalue weighted by Crippen LogP contribution is -2.60. The first-order chi connectivity index (χ1) is 11.8. The van der Waals surface area contributed by atoms with Crippen LogP contribution in [0.2, 0.25) is 0 Å². The van der Waals surface area contributed by atoms with Crippen LogP contribution < -0.4 is 0 Å². The van der Waals surface area contributed by atoms with E-state index >= 15 is 0 Å². The number of rotatable bonds is 4. The van der Waals surface area contributed by atoms with Gasteiger partial charge in [0.2, 0.25) is 0 Å². The Balaban J connectivity index is 1.81. The molecule has 3 rings (SSSR count). The summed E-state index contributed by atoms with van der Waals surface area (Å²) in [5.74, 6) is -1.32. The molecular weight excluding hydrogens is 348 g/mol. The molecule has 0 unspecified atom stereocenters. The summed E-state index contributed by atoms with van der Waals surface area (Å²) in [5.41, 5.74) is 0.389. The van der Waals surface area contributed by atoms with Gasteiger partial charge in [-0.2, -0.15) is 0 Å². The number of nitrogens with zero attached hydrogens (tertiary/aromatic N) is 2. The number of fused-ring (bicyclic) bond motifs is 1. The fraction of sp³-hybridized carbons (Fsp3) is 0.500. The minimum Gasteiger partial charge on any atom is -0.508 e. The SMILES string of the molecule is O=C(O)CCN1CCN(C(=O)c2ccc(O)cc2)[C@H]2CS(=O)(=O)C[C@H]21. The number of amides is 1. The van der Waals surface area contributed by atoms with E-state index in [0.29, 0.717) is 18.7 Å². The van der Waals surface area contributed by atoms with Crippen molar-refractivity contribution in [3.63, 3.8) is 0 Å². The summed E-state index contributed by atoms with van der Waals surface area (Å²) in [4.78, 5) is 27.0. The van der Waals surface area contributed by atoms with Crippen molar-refractivity contribution in [1.29, 1.82) is 0 Å². The molecule has 0 aromatic heterocycles. The fourth-order valence-electron chi connectivity index (χ4n) is 3.56. The van der Waals surface area contributed by atoms with Gasteiger partial charge in [-0.15, -0.1) is 0 Å². The number of aromatic hydroxyl groups is 1. The molecule has 2 heterocycles. The Morgan fingerprint density at radius 1 is 1.08 bits per heavy atom. The Kier molecular flexibility index (Phi) is 4.70. The summed E-state index contributed by atoms with van der Waals surface area (Å²) >= 11 is 0. The van der Waals surface area contributed by atoms with Crippen molar-refractivity contribution in [3.8, 4) is 5.75 Å². The molecule has 0 saturated carbocycles. The second-order valence-corrected chi connectivity index (χ2v) is 8.59. The van der Waals surface area contributed by atoms with Gasteiger partial charge < -0.3 is 15.1 Å². The zero-order chi connectivity index (χ0) is 18.2. The van der Waals surface area contributed by atoms with Crippen LogP contribution in [0.5, 0.6) is 5.75 Å². The van der Waals surface area contributed by atoms with Crippen LogP contribution in [0.4, 0.5) is 0 Å². The number of piperazine rings is 1. The lowest BCUT2D eigenvalue weighted by molar-refractivity contribution is -0.137. The molecule has 0 bridgehead atoms. The Hall–Kier alpha value is -2.13. The van der Waals surface area contributed by atoms with Crippen LogP contribution in [0.15, 0.2) is 24.3 Å². The molecule has 2 fully saturated rings. The van der Waals surface area contributed by atoms with Crippen LogP contribution in [0.25, 0.3) is 0 Å². The second-order valence-electron chi connectivity index (χ2n) is 6.44. The van der Waals surface area contributed by atoms with Gasteiger partial charge in [-0.3, -0.25) is 14.5 Å². The third-order valence-electron chi connectivity index (χ3n) is 4.78. The minimum absolute atomic E-state index is 0.0522. The molecule has 2 aliphatic rings. The summed E-state index contributed by atoms with van der Waals surface area (Å²) in [6, 6.07) is 4.99. The first kappa shape index (κ1) is 17.7. The number of sulfone groups is 1. The summed E-state index contributed by atoms with van der Waals surface area (Å²) in [6.07, 6.45) is -0.0603. The highest BCUT2D eigenvalue weighted by Crippen LogP contribution is 2.28. The van der Waals surface area contributed by atoms with Crippen LogP contribution in [0.1, 0.15) is 16.8 Å². The third kappa shape index (κ3) is 3.77. The zero-order valence-electron chi connectivity index (χ0n) is 13.5. The monoisotopic (exact) mass is 368 g/mol. The van der Waals surface area contributed by atoms with Gasteiger partial charge in [0.1, 0.15) is 5.75 Å². The minimum atomic E-state index is -3.28. The van der Waals surface area contributed by atoms with Crippen molar-refractivity contribution < 1.29 is 28.2 Å². The summed E-state index contributed by atoms with van der Waals surface area (Å²) in [7, 11) is -3.28. The number of carbonyl (C=O) groups excluding carboxylic acids is 1. The van der Waals surface area contributed by atoms with Gasteiger partial charge in [0.25, 0.3) is 5.91 Å². The molecule has 0 radical (unpaired) electrons. The van der Waals surface area contributed by atoms with E-state index in [4.69, 9.17) is 5.11 Å². The van der Waals surface area contributed by atoms with Crippen molar-refractivity contribution in [2.45, 2.75) is 18.5 Å². The Morgan fingerprint density at radius 3 is 2.36 bits per heavy atom. The first-order valence-electron chi connectivity index (χ1n) is 8.03. The lowest BCUT2D eigenvalue weighted by Gasteiger charge is -2.43. The molecule has 136 valence electrons. The Bertz CT molecular complexity index is 776. The van der Waals surface area contributed by atoms with E-state index in [0.717, 1.165) is 0 Å². The van der Waals surface area contributed by atoms with Crippen LogP contribution in [0, 0.1) is 0 Å². The van der Waals surface area contributed by atoms with Gasteiger partial charge in [0.15, 0.2) is 9.84 Å². The fourth-order valence-corrected chi connectivity index (χ4v) is 5.58. The lowest BCUT2D eigenvalue weighted by atomic mass is 10.0. The maximum absolute atomic E-state index is 12.8. The summed E-state index contributed by atoms with van der Waals surface area (Å²) < 4.78 is 24.2. The molecule has 2 N–H and O–H groups in total. The molecule has 1 aromatic rings. The van der Waals surface area contributed by atoms with E-state index in [1.54, 1.807) is 4.90 Å². The summed E-state index contributed by atoms with van der Waals surface area (Å²) in [6.45, 7) is 1.05. The average molecular weight is 368 g/mol. The van der Waals surface area contributed by atoms with Gasteiger partial charge in [0.05, 0.1) is 24.0 Å². The second kappa shape index (κ2) is 6.64. The van der Waals surface area contributed by atoms with E-state index in [2.05, 4.69) is 0 Å². The largest absolute Gasteiger partial charge is 0.508 e. The normalized spacial score (nSPS) is 25.5. The quantitative estimate of drug-likeness (QED) is 0.755. The molecular formula is C16H20N2O6S. The molecule has 8 nitrogen and oxygen atoms in total. The number of carboxylic acids is 1. The maximum atomic E-state index is 12.8. The maximum Gasteiger partial charge on any atom is 0.304 e. The number of carboxylic acid groups (broad SMARTS) is 1. The number of hydrogen-bond acceptors (Lipinski definition) is 6. The van der Waals surface area contributed by atoms with Crippen LogP contribution in [0.3, 0.4) is 0 Å². The highest BCUT2D eigenvalue weighted by Gasteiger charge is 2.48. The molecule has 25 heavy (non-hydrogen) atoms. The molecule has 1 amide bonds. The number of benzene rings is 1. The van der Waals surface area contributed by atoms with E-state index < -0.39 is 21.8 Å². The van der Waals surface area contributed by atoms with Crippen LogP contribution >= 0.6 is 0 Å². The number of phenolic OH excluding ortho intramolecular Hbond substituents is 1. The standard InChI is InChI=1S/C16H20N2O6S/c19-12-3-1-11(2-4-12)16(22)18-8-7-17(6-5-15(20)21)13-9-25(23,24)10-14(13)18/h1-4,13-14,19H,5-10H2,(H,20,21)/t13-,14+/m1/s1. The first-order valence-corrected chi connectivity index (χ1v) is 9.85. The van der Waals surface area contributed by atoms with E-state index in [1.165, 1.54) is 24.3 Å². The van der Waals surface area contributed by atoms with E-state index in [9.17, 15) is 23.1 Å². The van der Waals surface area contributed by atoms with Crippen LogP contribution in [-0.4, -0.2) is 83.5 Å². The number of carbonyl (C=O) groups is 2. The van der Waals surface area contributed by atoms with Crippen molar-refractivity contribution in [2.75, 3.05) is 31.1 Å². The van der Waals surface area contributed by atoms with Gasteiger partial charge >= 0.3 is 5.97 Å². The molecule has 0 spiro atoms. The van der Waals surface area contributed by atoms with Crippen molar-refractivity contribution in [3.05, 3.63) is 29.8 Å². The van der Waals surface area contributed by atoms with E-state index in [1.807, 2.05) is 4.90 Å². The van der Waals surface area contributed by atoms with E-state index in [-0.39, 0.29) is 42.2 Å². The molecule has 2 saturated heterocycles. The number of hydrogen-bond donors (Lipinski definition) is 2. The number of aliphatic carboxylic acids is 1. The average Bonchev–Trinajstić information content (AvgIpc) is 2.87. The molecule has 2 atom stereocenters. The summed E-state index contributed by atoms with van der Waals surface area (Å²) in [5, 5.41) is 18.2. The predicted molar refractivity (Wildman–Crippen MR) is 89.2 cm³/mol. The Morgan fingerprint density at radius 2 is 1.72 bits per heavy atom. The highest BCUT2D eigenvalue weighted by atomic mass is 32.2. The molecule has 0 aliphatic carbocycles. The van der Waals surface area contributed by atoms with Gasteiger partial charge in [0, 0.05) is 31.2 Å². The van der Waals surface area contributed by atoms with Gasteiger partial charge in [-0.25, -0.2) is 8.42 Å². The smallest absolute Gasteiger partial charge is 0.304 e. The third-order valence-corrected chi connectivity index (χ3v) is 6.48. The molecule has 1 aromatic carbocycles. The molecule has 9 heteroatoms. The molecule has 2 aliphatic heterocycles. The van der Waals surface area contributed by atoms with Gasteiger partial charge in [-0.05, 0) is 24.3 Å². The number of phenols is 1.